The SMILES string of the molecule is C=CCOC12Oc3ccc(OC(=O)NCC)cc3C3C(CCCCO)C(CCCCO)C=C(C(=NOC4CCCCO4)CC1N(CCOCCO)C(=O)C1CC1)C32. The lowest BCUT2D eigenvalue weighted by Gasteiger charge is -2.60. The molecule has 2 saturated carbocycles. The molecule has 0 bridgehead atoms. The smallest absolute Gasteiger partial charge is 0.412 e. The molecule has 4 N–H and O–H groups in total. The molecular formula is C43H63N3O11. The highest BCUT2D eigenvalue weighted by atomic mass is 16.8. The van der Waals surface area contributed by atoms with E-state index < -0.39 is 30.1 Å². The predicted molar refractivity (Wildman–Crippen MR) is 212 cm³/mol. The van der Waals surface area contributed by atoms with E-state index in [4.69, 9.17) is 33.7 Å². The van der Waals surface area contributed by atoms with Gasteiger partial charge in [0.15, 0.2) is 0 Å². The van der Waals surface area contributed by atoms with Crippen molar-refractivity contribution in [2.24, 2.45) is 28.8 Å². The minimum absolute atomic E-state index is 0.00805. The third-order valence-corrected chi connectivity index (χ3v) is 11.9. The number of rotatable bonds is 22. The molecule has 1 aromatic rings. The van der Waals surface area contributed by atoms with Crippen LogP contribution in [0.3, 0.4) is 0 Å². The molecule has 57 heavy (non-hydrogen) atoms. The topological polar surface area (TPSA) is 178 Å². The predicted octanol–water partition coefficient (Wildman–Crippen LogP) is 5.20. The van der Waals surface area contributed by atoms with E-state index in [1.165, 1.54) is 0 Å². The number of amides is 2. The Kier molecular flexibility index (Phi) is 15.8. The summed E-state index contributed by atoms with van der Waals surface area (Å²) in [7, 11) is 0. The maximum absolute atomic E-state index is 14.5. The molecule has 7 atom stereocenters. The van der Waals surface area contributed by atoms with Gasteiger partial charge in [0.1, 0.15) is 17.5 Å². The van der Waals surface area contributed by atoms with Gasteiger partial charge in [0.2, 0.25) is 18.0 Å². The number of aliphatic hydroxyl groups excluding tert-OH is 3. The zero-order chi connectivity index (χ0) is 40.2. The van der Waals surface area contributed by atoms with Gasteiger partial charge in [0, 0.05) is 56.5 Å². The fraction of sp³-hybridized carbons (Fsp3) is 0.698. The van der Waals surface area contributed by atoms with Crippen LogP contribution < -0.4 is 14.8 Å². The van der Waals surface area contributed by atoms with Crippen LogP contribution in [-0.2, 0) is 23.8 Å². The number of hydrogen-bond donors (Lipinski definition) is 4. The molecule has 2 heterocycles. The molecule has 3 fully saturated rings. The van der Waals surface area contributed by atoms with Crippen molar-refractivity contribution in [3.63, 3.8) is 0 Å². The van der Waals surface area contributed by atoms with Gasteiger partial charge >= 0.3 is 6.09 Å². The Morgan fingerprint density at radius 1 is 1.05 bits per heavy atom. The van der Waals surface area contributed by atoms with Crippen LogP contribution in [0, 0.1) is 23.7 Å². The van der Waals surface area contributed by atoms with Gasteiger partial charge in [0.05, 0.1) is 44.7 Å². The number of nitrogens with one attached hydrogen (secondary N) is 1. The fourth-order valence-corrected chi connectivity index (χ4v) is 9.23. The van der Waals surface area contributed by atoms with Crippen LogP contribution in [-0.4, -0.2) is 115 Å². The van der Waals surface area contributed by atoms with Crippen LogP contribution in [0.25, 0.3) is 0 Å². The third-order valence-electron chi connectivity index (χ3n) is 11.9. The molecular weight excluding hydrogens is 734 g/mol. The highest BCUT2D eigenvalue weighted by Crippen LogP contribution is 2.62. The zero-order valence-electron chi connectivity index (χ0n) is 33.5. The normalized spacial score (nSPS) is 28.4. The molecule has 3 aliphatic carbocycles. The first kappa shape index (κ1) is 43.1. The number of aliphatic hydroxyl groups is 3. The van der Waals surface area contributed by atoms with Crippen LogP contribution >= 0.6 is 0 Å². The number of unbranched alkanes of at least 4 members (excludes halogenated alkanes) is 2. The molecule has 1 saturated heterocycles. The van der Waals surface area contributed by atoms with E-state index in [9.17, 15) is 24.9 Å². The average Bonchev–Trinajstić information content (AvgIpc) is 4.07. The van der Waals surface area contributed by atoms with E-state index in [0.29, 0.717) is 49.6 Å². The lowest BCUT2D eigenvalue weighted by Crippen LogP contribution is -2.70. The van der Waals surface area contributed by atoms with Gasteiger partial charge in [-0.2, -0.15) is 0 Å². The van der Waals surface area contributed by atoms with Crippen LogP contribution in [0.5, 0.6) is 11.5 Å². The lowest BCUT2D eigenvalue weighted by atomic mass is 9.55. The largest absolute Gasteiger partial charge is 0.459 e. The zero-order valence-corrected chi connectivity index (χ0v) is 33.5. The number of hydrogen-bond acceptors (Lipinski definition) is 12. The second-order valence-electron chi connectivity index (χ2n) is 15.7. The van der Waals surface area contributed by atoms with E-state index in [1.807, 2.05) is 24.0 Å². The van der Waals surface area contributed by atoms with Crippen molar-refractivity contribution in [1.29, 1.82) is 0 Å². The number of carbonyl (C=O) groups excluding carboxylic acids is 2. The van der Waals surface area contributed by atoms with Crippen molar-refractivity contribution in [3.05, 3.63) is 48.1 Å². The Hall–Kier alpha value is -3.53. The van der Waals surface area contributed by atoms with Crippen molar-refractivity contribution in [3.8, 4) is 11.5 Å². The Bertz CT molecular complexity index is 1560. The summed E-state index contributed by atoms with van der Waals surface area (Å²) in [6.45, 7) is 7.60. The van der Waals surface area contributed by atoms with E-state index in [0.717, 1.165) is 62.5 Å². The number of nitrogens with zero attached hydrogens (tertiary/aromatic N) is 2. The summed E-state index contributed by atoms with van der Waals surface area (Å²) in [5, 5.41) is 36.8. The van der Waals surface area contributed by atoms with Gasteiger partial charge in [-0.1, -0.05) is 30.1 Å². The molecule has 0 radical (unpaired) electrons. The molecule has 2 amide bonds. The number of oxime groups is 1. The Balaban J connectivity index is 1.56. The third kappa shape index (κ3) is 10.2. The first-order valence-corrected chi connectivity index (χ1v) is 21.2. The van der Waals surface area contributed by atoms with Gasteiger partial charge in [0.25, 0.3) is 0 Å². The van der Waals surface area contributed by atoms with Crippen LogP contribution in [0.2, 0.25) is 0 Å². The average molecular weight is 798 g/mol. The quantitative estimate of drug-likeness (QED) is 0.0689. The van der Waals surface area contributed by atoms with Gasteiger partial charge < -0.3 is 54.1 Å². The highest BCUT2D eigenvalue weighted by Gasteiger charge is 2.66. The molecule has 5 aliphatic rings. The van der Waals surface area contributed by atoms with Crippen molar-refractivity contribution in [2.45, 2.75) is 108 Å². The van der Waals surface area contributed by atoms with E-state index >= 15 is 0 Å². The van der Waals surface area contributed by atoms with Crippen molar-refractivity contribution < 1.29 is 53.4 Å². The molecule has 316 valence electrons. The minimum Gasteiger partial charge on any atom is -0.459 e. The lowest BCUT2D eigenvalue weighted by molar-refractivity contribution is -0.258. The van der Waals surface area contributed by atoms with Crippen LogP contribution in [0.1, 0.15) is 95.5 Å². The number of allylic oxidation sites excluding steroid dienone is 1. The summed E-state index contributed by atoms with van der Waals surface area (Å²) in [4.78, 5) is 35.2. The molecule has 7 unspecified atom stereocenters. The molecule has 6 rings (SSSR count). The number of ether oxygens (including phenoxy) is 5. The second-order valence-corrected chi connectivity index (χ2v) is 15.7. The van der Waals surface area contributed by atoms with Crippen molar-refractivity contribution in [2.75, 3.05) is 59.3 Å². The highest BCUT2D eigenvalue weighted by molar-refractivity contribution is 6.03. The first-order chi connectivity index (χ1) is 27.9. The van der Waals surface area contributed by atoms with Gasteiger partial charge in [-0.05, 0) is 93.9 Å². The number of carbonyl (C=O) groups is 2. The molecule has 2 aliphatic heterocycles. The van der Waals surface area contributed by atoms with E-state index in [1.54, 1.807) is 12.1 Å². The van der Waals surface area contributed by atoms with Gasteiger partial charge in [-0.25, -0.2) is 4.79 Å². The Labute approximate surface area is 336 Å². The fourth-order valence-electron chi connectivity index (χ4n) is 9.23. The molecule has 0 spiro atoms. The Morgan fingerprint density at radius 3 is 2.56 bits per heavy atom. The van der Waals surface area contributed by atoms with E-state index in [2.05, 4.69) is 18.0 Å². The van der Waals surface area contributed by atoms with Crippen molar-refractivity contribution >= 4 is 17.7 Å². The maximum Gasteiger partial charge on any atom is 0.412 e. The first-order valence-electron chi connectivity index (χ1n) is 21.2. The summed E-state index contributed by atoms with van der Waals surface area (Å²) in [5.41, 5.74) is 2.46. The minimum atomic E-state index is -1.41. The van der Waals surface area contributed by atoms with Crippen molar-refractivity contribution in [1.82, 2.24) is 10.2 Å². The summed E-state index contributed by atoms with van der Waals surface area (Å²) in [6.07, 6.45) is 11.9. The summed E-state index contributed by atoms with van der Waals surface area (Å²) >= 11 is 0. The number of benzene rings is 1. The standard InChI is InChI=1S/C43H63N3O11/c1-3-22-54-43-37(46(18-24-52-25-21-49)41(50)29-14-15-29)28-35(45-57-38-13-7-10-23-53-38)33-26-30(11-5-8-19-47)32(12-6-9-20-48)39(40(33)43)34-27-31(16-17-36(34)56-43)55-42(51)44-4-2/h3,16-17,26-27,29-30,32,37-40,47-49H,1,4-15,18-25,28H2,2H3,(H,44,51). The molecule has 14 nitrogen and oxygen atoms in total. The maximum atomic E-state index is 14.5. The van der Waals surface area contributed by atoms with Crippen LogP contribution in [0.4, 0.5) is 4.79 Å². The summed E-state index contributed by atoms with van der Waals surface area (Å²) in [5.74, 6) is -1.31. The monoisotopic (exact) mass is 797 g/mol. The molecule has 0 aromatic heterocycles. The summed E-state index contributed by atoms with van der Waals surface area (Å²) < 4.78 is 31.8. The molecule has 1 aromatic carbocycles. The van der Waals surface area contributed by atoms with E-state index in [-0.39, 0.29) is 82.2 Å². The van der Waals surface area contributed by atoms with Gasteiger partial charge in [-0.15, -0.1) is 6.58 Å². The number of fused-ring (bicyclic) bond motifs is 2. The second kappa shape index (κ2) is 20.9. The Morgan fingerprint density at radius 2 is 1.86 bits per heavy atom. The van der Waals surface area contributed by atoms with Gasteiger partial charge in [-0.3, -0.25) is 4.79 Å². The summed E-state index contributed by atoms with van der Waals surface area (Å²) in [6, 6.07) is 4.76. The van der Waals surface area contributed by atoms with Crippen LogP contribution in [0.15, 0.2) is 47.7 Å². The molecule has 14 heteroatoms.